The first-order valence-electron chi connectivity index (χ1n) is 13.8. The number of nitrogens with zero attached hydrogens (tertiary/aromatic N) is 1. The number of ketones is 2. The highest BCUT2D eigenvalue weighted by Crippen LogP contribution is 2.68. The van der Waals surface area contributed by atoms with Gasteiger partial charge >= 0.3 is 0 Å². The maximum Gasteiger partial charge on any atom is 0.226 e. The normalized spacial score (nSPS) is 41.1. The second kappa shape index (κ2) is 8.01. The first kappa shape index (κ1) is 25.2. The number of Topliss-reactive ketones (excluding diaryl/α,β-unsaturated/α-hetero) is 1. The van der Waals surface area contributed by atoms with Crippen molar-refractivity contribution < 1.29 is 14.4 Å². The van der Waals surface area contributed by atoms with Crippen LogP contribution < -0.4 is 5.32 Å². The highest BCUT2D eigenvalue weighted by atomic mass is 16.2. The highest BCUT2D eigenvalue weighted by Gasteiger charge is 2.64. The summed E-state index contributed by atoms with van der Waals surface area (Å²) in [5.74, 6) is 0.158. The Bertz CT molecular complexity index is 1200. The molecule has 6 atom stereocenters. The van der Waals surface area contributed by atoms with Crippen LogP contribution in [0.1, 0.15) is 86.5 Å². The van der Waals surface area contributed by atoms with Crippen LogP contribution in [0.3, 0.4) is 0 Å². The molecule has 5 aliphatic carbocycles. The molecule has 0 radical (unpaired) electrons. The quantitative estimate of drug-likeness (QED) is 0.546. The van der Waals surface area contributed by atoms with Crippen LogP contribution in [0, 0.1) is 50.7 Å². The van der Waals surface area contributed by atoms with Gasteiger partial charge in [-0.1, -0.05) is 20.8 Å². The third-order valence-corrected chi connectivity index (χ3v) is 11.0. The van der Waals surface area contributed by atoms with Crippen molar-refractivity contribution in [3.05, 3.63) is 34.4 Å². The van der Waals surface area contributed by atoms with Crippen LogP contribution in [0.4, 0.5) is 0 Å². The zero-order chi connectivity index (χ0) is 26.3. The van der Waals surface area contributed by atoms with E-state index in [4.69, 9.17) is 0 Å². The number of nitrogens with one attached hydrogen (secondary N) is 1. The number of hydrogen-bond acceptors (Lipinski definition) is 4. The summed E-state index contributed by atoms with van der Waals surface area (Å²) in [7, 11) is 0. The summed E-state index contributed by atoms with van der Waals surface area (Å²) in [4.78, 5) is 40.5. The van der Waals surface area contributed by atoms with Gasteiger partial charge in [-0.2, -0.15) is 5.26 Å². The van der Waals surface area contributed by atoms with Crippen molar-refractivity contribution in [2.75, 3.05) is 6.54 Å². The third-order valence-electron chi connectivity index (χ3n) is 11.0. The van der Waals surface area contributed by atoms with E-state index < -0.39 is 10.8 Å². The molecule has 0 saturated heterocycles. The standard InChI is InChI=1S/C31H40N2O3/c1-7-33-27(36)31-11-9-21-25(22(31)16-28(3,4)12-13-31)23(34)14-24-29(21,5)10-8-20-18(2)26(35)19(17-32)15-30(20,24)6/h14-15,21-22,25H,7-13,16H2,1-6H3,(H,33,36). The first-order chi connectivity index (χ1) is 16.8. The first-order valence-corrected chi connectivity index (χ1v) is 13.8. The molecule has 3 fully saturated rings. The summed E-state index contributed by atoms with van der Waals surface area (Å²) in [6.45, 7) is 13.4. The molecule has 1 N–H and O–H groups in total. The number of hydrogen-bond donors (Lipinski definition) is 1. The van der Waals surface area contributed by atoms with Crippen molar-refractivity contribution in [1.29, 1.82) is 5.26 Å². The lowest BCUT2D eigenvalue weighted by Gasteiger charge is -2.62. The van der Waals surface area contributed by atoms with E-state index in [2.05, 4.69) is 39.1 Å². The molecule has 192 valence electrons. The Hall–Kier alpha value is -2.48. The van der Waals surface area contributed by atoms with Crippen molar-refractivity contribution >= 4 is 17.5 Å². The molecule has 0 aromatic heterocycles. The summed E-state index contributed by atoms with van der Waals surface area (Å²) in [6.07, 6.45) is 9.84. The van der Waals surface area contributed by atoms with E-state index >= 15 is 0 Å². The molecule has 0 spiro atoms. The van der Waals surface area contributed by atoms with Gasteiger partial charge in [-0.25, -0.2) is 0 Å². The zero-order valence-electron chi connectivity index (χ0n) is 22.7. The minimum absolute atomic E-state index is 0.0401. The van der Waals surface area contributed by atoms with Gasteiger partial charge < -0.3 is 5.32 Å². The van der Waals surface area contributed by atoms with Gasteiger partial charge in [-0.3, -0.25) is 14.4 Å². The lowest BCUT2D eigenvalue weighted by molar-refractivity contribution is -0.159. The number of carbonyl (C=O) groups excluding carboxylic acids is 3. The van der Waals surface area contributed by atoms with Gasteiger partial charge in [0.15, 0.2) is 11.6 Å². The molecule has 0 aromatic rings. The van der Waals surface area contributed by atoms with Crippen LogP contribution in [-0.4, -0.2) is 24.0 Å². The summed E-state index contributed by atoms with van der Waals surface area (Å²) in [5.41, 5.74) is 1.84. The number of fused-ring (bicyclic) bond motifs is 7. The fraction of sp³-hybridized carbons (Fsp3) is 0.677. The van der Waals surface area contributed by atoms with Gasteiger partial charge in [0.25, 0.3) is 0 Å². The van der Waals surface area contributed by atoms with Gasteiger partial charge in [-0.05, 0) is 117 Å². The minimum atomic E-state index is -0.587. The van der Waals surface area contributed by atoms with Gasteiger partial charge in [0.2, 0.25) is 5.91 Å². The Labute approximate surface area is 215 Å². The molecule has 0 heterocycles. The number of allylic oxidation sites excluding steroid dienone is 6. The topological polar surface area (TPSA) is 87.0 Å². The second-order valence-electron chi connectivity index (χ2n) is 13.3. The molecule has 3 saturated carbocycles. The number of carbonyl (C=O) groups is 3. The predicted octanol–water partition coefficient (Wildman–Crippen LogP) is 5.63. The minimum Gasteiger partial charge on any atom is -0.356 e. The third kappa shape index (κ3) is 3.22. The fourth-order valence-electron chi connectivity index (χ4n) is 9.13. The lowest BCUT2D eigenvalue weighted by Crippen LogP contribution is -2.61. The van der Waals surface area contributed by atoms with Crippen molar-refractivity contribution in [2.24, 2.45) is 39.4 Å². The van der Waals surface area contributed by atoms with E-state index in [-0.39, 0.29) is 51.6 Å². The van der Waals surface area contributed by atoms with E-state index in [1.807, 2.05) is 26.0 Å². The van der Waals surface area contributed by atoms with Gasteiger partial charge in [0.1, 0.15) is 6.07 Å². The Kier molecular flexibility index (Phi) is 5.60. The molecule has 1 amide bonds. The van der Waals surface area contributed by atoms with Crippen LogP contribution >= 0.6 is 0 Å². The molecule has 0 aromatic carbocycles. The van der Waals surface area contributed by atoms with Crippen LogP contribution in [0.2, 0.25) is 0 Å². The van der Waals surface area contributed by atoms with Crippen LogP contribution in [0.5, 0.6) is 0 Å². The summed E-state index contributed by atoms with van der Waals surface area (Å²) < 4.78 is 0. The smallest absolute Gasteiger partial charge is 0.226 e. The Balaban J connectivity index is 1.65. The van der Waals surface area contributed by atoms with Crippen molar-refractivity contribution in [3.8, 4) is 6.07 Å². The average Bonchev–Trinajstić information content (AvgIpc) is 2.82. The molecule has 5 rings (SSSR count). The van der Waals surface area contributed by atoms with Crippen LogP contribution in [0.25, 0.3) is 0 Å². The second-order valence-corrected chi connectivity index (χ2v) is 13.3. The molecular formula is C31H40N2O3. The number of amides is 1. The SMILES string of the molecule is CCNC(=O)C12CCC3C(C(=O)C=C4C5(C)C=C(C#N)C(=O)C(C)=C5CCC43C)C1CC(C)(C)CC2. The van der Waals surface area contributed by atoms with Crippen molar-refractivity contribution in [2.45, 2.75) is 86.5 Å². The number of rotatable bonds is 2. The molecule has 0 bridgehead atoms. The van der Waals surface area contributed by atoms with Crippen molar-refractivity contribution in [3.63, 3.8) is 0 Å². The summed E-state index contributed by atoms with van der Waals surface area (Å²) in [6, 6.07) is 2.11. The Morgan fingerprint density at radius 2 is 1.83 bits per heavy atom. The lowest BCUT2D eigenvalue weighted by atomic mass is 9.40. The molecule has 5 aliphatic rings. The fourth-order valence-corrected chi connectivity index (χ4v) is 9.13. The van der Waals surface area contributed by atoms with E-state index in [0.717, 1.165) is 56.1 Å². The molecule has 6 unspecified atom stereocenters. The van der Waals surface area contributed by atoms with Crippen molar-refractivity contribution in [1.82, 2.24) is 5.32 Å². The molecule has 5 heteroatoms. The summed E-state index contributed by atoms with van der Waals surface area (Å²) in [5, 5.41) is 12.8. The summed E-state index contributed by atoms with van der Waals surface area (Å²) >= 11 is 0. The Morgan fingerprint density at radius 1 is 1.11 bits per heavy atom. The predicted molar refractivity (Wildman–Crippen MR) is 138 cm³/mol. The van der Waals surface area contributed by atoms with E-state index in [0.29, 0.717) is 12.1 Å². The van der Waals surface area contributed by atoms with Crippen LogP contribution in [0.15, 0.2) is 34.4 Å². The van der Waals surface area contributed by atoms with Gasteiger partial charge in [0, 0.05) is 17.9 Å². The van der Waals surface area contributed by atoms with E-state index in [1.165, 1.54) is 0 Å². The van der Waals surface area contributed by atoms with E-state index in [9.17, 15) is 19.6 Å². The zero-order valence-corrected chi connectivity index (χ0v) is 22.7. The van der Waals surface area contributed by atoms with E-state index in [1.54, 1.807) is 0 Å². The highest BCUT2D eigenvalue weighted by molar-refractivity contribution is 6.12. The van der Waals surface area contributed by atoms with Gasteiger partial charge in [-0.15, -0.1) is 0 Å². The Morgan fingerprint density at radius 3 is 2.50 bits per heavy atom. The number of nitriles is 1. The monoisotopic (exact) mass is 488 g/mol. The molecular weight excluding hydrogens is 448 g/mol. The molecule has 36 heavy (non-hydrogen) atoms. The maximum absolute atomic E-state index is 14.2. The maximum atomic E-state index is 14.2. The largest absolute Gasteiger partial charge is 0.356 e. The average molecular weight is 489 g/mol. The molecule has 0 aliphatic heterocycles. The molecule has 5 nitrogen and oxygen atoms in total. The van der Waals surface area contributed by atoms with Gasteiger partial charge in [0.05, 0.1) is 11.0 Å². The van der Waals surface area contributed by atoms with Crippen LogP contribution in [-0.2, 0) is 14.4 Å².